The van der Waals surface area contributed by atoms with Crippen LogP contribution in [0.15, 0.2) is 0 Å². The maximum absolute atomic E-state index is 2.93. The third-order valence-electron chi connectivity index (χ3n) is 18.3. The van der Waals surface area contributed by atoms with Gasteiger partial charge in [-0.1, -0.05) is 330 Å². The number of unbranched alkanes of at least 4 members (excludes halogenated alkanes) is 46. The van der Waals surface area contributed by atoms with E-state index in [9.17, 15) is 0 Å². The lowest BCUT2D eigenvalue weighted by atomic mass is 10.1. The molecule has 0 bridgehead atoms. The van der Waals surface area contributed by atoms with Crippen molar-refractivity contribution in [1.82, 2.24) is 24.5 Å². The first-order valence-electron chi connectivity index (χ1n) is 36.8. The van der Waals surface area contributed by atoms with Crippen molar-refractivity contribution in [2.45, 2.75) is 369 Å². The van der Waals surface area contributed by atoms with Gasteiger partial charge in [0, 0.05) is 52.4 Å². The molecule has 0 aromatic heterocycles. The summed E-state index contributed by atoms with van der Waals surface area (Å²) in [4.78, 5) is 14.4. The van der Waals surface area contributed by atoms with E-state index in [1.165, 1.54) is 432 Å². The zero-order valence-corrected chi connectivity index (χ0v) is 54.6. The monoisotopic (exact) mass is 1080 g/mol. The lowest BCUT2D eigenvalue weighted by Crippen LogP contribution is -2.50. The summed E-state index contributed by atoms with van der Waals surface area (Å²) in [6.07, 6.45) is 74.9. The molecule has 0 spiro atoms. The van der Waals surface area contributed by atoms with Gasteiger partial charge in [-0.15, -0.1) is 0 Å². The minimum Gasteiger partial charge on any atom is -0.303 e. The van der Waals surface area contributed by atoms with Gasteiger partial charge in [0.15, 0.2) is 0 Å². The van der Waals surface area contributed by atoms with Crippen LogP contribution in [0.1, 0.15) is 369 Å². The summed E-state index contributed by atoms with van der Waals surface area (Å²) in [6, 6.07) is 0. The van der Waals surface area contributed by atoms with E-state index in [0.717, 1.165) is 0 Å². The molecule has 462 valence electrons. The van der Waals surface area contributed by atoms with Crippen molar-refractivity contribution in [3.63, 3.8) is 0 Å². The van der Waals surface area contributed by atoms with Gasteiger partial charge in [-0.2, -0.15) is 0 Å². The first kappa shape index (κ1) is 74.8. The Hall–Kier alpha value is -0.200. The lowest BCUT2D eigenvalue weighted by Gasteiger charge is -2.37. The molecule has 0 atom stereocenters. The number of hydrogen-bond donors (Lipinski definition) is 0. The van der Waals surface area contributed by atoms with E-state index < -0.39 is 0 Å². The molecular weight excluding hydrogens is 935 g/mol. The van der Waals surface area contributed by atoms with Crippen molar-refractivity contribution in [2.75, 3.05) is 98.2 Å². The van der Waals surface area contributed by atoms with Crippen molar-refractivity contribution in [3.8, 4) is 0 Å². The highest BCUT2D eigenvalue weighted by molar-refractivity contribution is 4.75. The molecule has 0 aliphatic carbocycles. The van der Waals surface area contributed by atoms with Crippen LogP contribution in [0.3, 0.4) is 0 Å². The van der Waals surface area contributed by atoms with Crippen LogP contribution in [0, 0.1) is 0 Å². The molecule has 5 nitrogen and oxygen atoms in total. The Morgan fingerprint density at radius 1 is 0.169 bits per heavy atom. The van der Waals surface area contributed by atoms with Crippen molar-refractivity contribution < 1.29 is 0 Å². The number of piperazine rings is 1. The van der Waals surface area contributed by atoms with Crippen molar-refractivity contribution >= 4 is 0 Å². The standard InChI is InChI=1S/C72H149N5/c1-6-11-16-21-26-31-36-41-43-48-53-59-73(58-52-47-42-37-32-27-22-17-12-7-2)63-57-64-75(62-56-51-46-40-35-30-25-20-15-10-5)66-68-77-71-69-76(70-72-77)67-65-74(60-54-49-44-38-33-28-23-18-13-8-3)61-55-50-45-39-34-29-24-19-14-9-4/h6-72H2,1-5H3. The van der Waals surface area contributed by atoms with Crippen molar-refractivity contribution in [3.05, 3.63) is 0 Å². The molecule has 0 N–H and O–H groups in total. The largest absolute Gasteiger partial charge is 0.303 e. The molecular formula is C72H149N5. The first-order valence-corrected chi connectivity index (χ1v) is 36.8. The van der Waals surface area contributed by atoms with Crippen molar-refractivity contribution in [2.24, 2.45) is 0 Å². The predicted molar refractivity (Wildman–Crippen MR) is 351 cm³/mol. The molecule has 0 unspecified atom stereocenters. The Morgan fingerprint density at radius 2 is 0.312 bits per heavy atom. The van der Waals surface area contributed by atoms with Crippen LogP contribution in [0.4, 0.5) is 0 Å². The summed E-state index contributed by atoms with van der Waals surface area (Å²) in [7, 11) is 0. The second-order valence-electron chi connectivity index (χ2n) is 25.8. The van der Waals surface area contributed by atoms with E-state index in [-0.39, 0.29) is 0 Å². The summed E-state index contributed by atoms with van der Waals surface area (Å²) in [5.41, 5.74) is 0. The minimum absolute atomic E-state index is 1.27. The molecule has 0 radical (unpaired) electrons. The summed E-state index contributed by atoms with van der Waals surface area (Å²) in [5, 5.41) is 0. The van der Waals surface area contributed by atoms with E-state index in [2.05, 4.69) is 59.1 Å². The van der Waals surface area contributed by atoms with Gasteiger partial charge in [-0.3, -0.25) is 9.80 Å². The summed E-state index contributed by atoms with van der Waals surface area (Å²) in [5.74, 6) is 0. The Bertz CT molecular complexity index is 1040. The van der Waals surface area contributed by atoms with E-state index >= 15 is 0 Å². The molecule has 1 aliphatic rings. The molecule has 1 aliphatic heterocycles. The van der Waals surface area contributed by atoms with Crippen LogP contribution in [0.25, 0.3) is 0 Å². The highest BCUT2D eigenvalue weighted by Gasteiger charge is 2.19. The number of rotatable bonds is 66. The fourth-order valence-corrected chi connectivity index (χ4v) is 12.6. The van der Waals surface area contributed by atoms with E-state index in [1.807, 2.05) is 0 Å². The Labute approximate surface area is 488 Å². The van der Waals surface area contributed by atoms with Crippen LogP contribution in [0.2, 0.25) is 0 Å². The highest BCUT2D eigenvalue weighted by atomic mass is 15.3. The molecule has 0 amide bonds. The van der Waals surface area contributed by atoms with E-state index in [1.54, 1.807) is 0 Å². The second-order valence-corrected chi connectivity index (χ2v) is 25.8. The third kappa shape index (κ3) is 54.8. The molecule has 1 heterocycles. The molecule has 1 fully saturated rings. The smallest absolute Gasteiger partial charge is 0.0110 e. The third-order valence-corrected chi connectivity index (χ3v) is 18.3. The molecule has 5 heteroatoms. The van der Waals surface area contributed by atoms with Crippen LogP contribution >= 0.6 is 0 Å². The van der Waals surface area contributed by atoms with Gasteiger partial charge in [0.25, 0.3) is 0 Å². The van der Waals surface area contributed by atoms with Gasteiger partial charge in [-0.25, -0.2) is 0 Å². The van der Waals surface area contributed by atoms with Gasteiger partial charge in [0.05, 0.1) is 0 Å². The minimum atomic E-state index is 1.27. The Morgan fingerprint density at radius 3 is 0.494 bits per heavy atom. The van der Waals surface area contributed by atoms with Crippen molar-refractivity contribution in [1.29, 1.82) is 0 Å². The number of hydrogen-bond acceptors (Lipinski definition) is 5. The summed E-state index contributed by atoms with van der Waals surface area (Å²) >= 11 is 0. The zero-order valence-electron chi connectivity index (χ0n) is 54.6. The SMILES string of the molecule is CCCCCCCCCCCCCN(CCCCCCCCCCCC)CCCN(CCCCCCCCCCCC)CCN1CCN(CCN(CCCCCCCCCCCC)CCCCCCCCCCCC)CC1. The molecule has 1 rings (SSSR count). The quantitative estimate of drug-likeness (QED) is 0.0563. The Balaban J connectivity index is 2.69. The van der Waals surface area contributed by atoms with E-state index in [4.69, 9.17) is 0 Å². The summed E-state index contributed by atoms with van der Waals surface area (Å²) in [6.45, 7) is 31.2. The Kier molecular flexibility index (Phi) is 61.6. The predicted octanol–water partition coefficient (Wildman–Crippen LogP) is 21.9. The van der Waals surface area contributed by atoms with Gasteiger partial charge >= 0.3 is 0 Å². The topological polar surface area (TPSA) is 16.2 Å². The fraction of sp³-hybridized carbons (Fsp3) is 1.00. The average Bonchev–Trinajstić information content (AvgIpc) is 3.44. The average molecular weight is 1090 g/mol. The van der Waals surface area contributed by atoms with Gasteiger partial charge < -0.3 is 14.7 Å². The van der Waals surface area contributed by atoms with Gasteiger partial charge in [0.1, 0.15) is 0 Å². The summed E-state index contributed by atoms with van der Waals surface area (Å²) < 4.78 is 0. The molecule has 0 saturated carbocycles. The highest BCUT2D eigenvalue weighted by Crippen LogP contribution is 2.18. The van der Waals surface area contributed by atoms with Crippen LogP contribution in [-0.4, -0.2) is 123 Å². The van der Waals surface area contributed by atoms with Crippen LogP contribution < -0.4 is 0 Å². The molecule has 0 aromatic rings. The maximum atomic E-state index is 2.93. The zero-order chi connectivity index (χ0) is 55.3. The normalized spacial score (nSPS) is 13.7. The lowest BCUT2D eigenvalue weighted by molar-refractivity contribution is 0.106. The van der Waals surface area contributed by atoms with Crippen LogP contribution in [-0.2, 0) is 0 Å². The van der Waals surface area contributed by atoms with Gasteiger partial charge in [0.2, 0.25) is 0 Å². The first-order chi connectivity index (χ1) is 38.2. The molecule has 1 saturated heterocycles. The molecule has 0 aromatic carbocycles. The van der Waals surface area contributed by atoms with E-state index in [0.29, 0.717) is 0 Å². The molecule has 77 heavy (non-hydrogen) atoms. The fourth-order valence-electron chi connectivity index (χ4n) is 12.6. The second kappa shape index (κ2) is 63.4. The van der Waals surface area contributed by atoms with Gasteiger partial charge in [-0.05, 0) is 84.3 Å². The number of nitrogens with zero attached hydrogens (tertiary/aromatic N) is 5. The maximum Gasteiger partial charge on any atom is 0.0110 e. The van der Waals surface area contributed by atoms with Crippen LogP contribution in [0.5, 0.6) is 0 Å².